The van der Waals surface area contributed by atoms with Gasteiger partial charge in [-0.2, -0.15) is 0 Å². The Morgan fingerprint density at radius 1 is 1.00 bits per heavy atom. The summed E-state index contributed by atoms with van der Waals surface area (Å²) >= 11 is 0. The molecule has 0 unspecified atom stereocenters. The predicted octanol–water partition coefficient (Wildman–Crippen LogP) is 4.36. The third kappa shape index (κ3) is 3.33. The second-order valence-electron chi connectivity index (χ2n) is 4.29. The Labute approximate surface area is 107 Å². The SMILES string of the molecule is CCCc1ccc(F)c(OCc2ccccc2)c1. The highest BCUT2D eigenvalue weighted by Gasteiger charge is 2.05. The van der Waals surface area contributed by atoms with Crippen LogP contribution in [0.5, 0.6) is 5.75 Å². The summed E-state index contributed by atoms with van der Waals surface area (Å²) in [6.45, 7) is 2.50. The zero-order chi connectivity index (χ0) is 12.8. The summed E-state index contributed by atoms with van der Waals surface area (Å²) in [7, 11) is 0. The van der Waals surface area contributed by atoms with E-state index in [2.05, 4.69) is 6.92 Å². The van der Waals surface area contributed by atoms with Crippen LogP contribution in [-0.2, 0) is 13.0 Å². The van der Waals surface area contributed by atoms with E-state index in [4.69, 9.17) is 4.74 Å². The summed E-state index contributed by atoms with van der Waals surface area (Å²) in [6.07, 6.45) is 1.99. The van der Waals surface area contributed by atoms with Crippen molar-refractivity contribution >= 4 is 0 Å². The highest BCUT2D eigenvalue weighted by molar-refractivity contribution is 5.30. The summed E-state index contributed by atoms with van der Waals surface area (Å²) in [6, 6.07) is 14.9. The van der Waals surface area contributed by atoms with Crippen LogP contribution < -0.4 is 4.74 Å². The largest absolute Gasteiger partial charge is 0.486 e. The molecule has 2 heteroatoms. The van der Waals surface area contributed by atoms with Gasteiger partial charge in [-0.25, -0.2) is 4.39 Å². The van der Waals surface area contributed by atoms with E-state index in [0.29, 0.717) is 12.4 Å². The van der Waals surface area contributed by atoms with E-state index in [1.807, 2.05) is 36.4 Å². The number of hydrogen-bond acceptors (Lipinski definition) is 1. The van der Waals surface area contributed by atoms with Crippen LogP contribution in [0, 0.1) is 5.82 Å². The molecule has 1 nitrogen and oxygen atoms in total. The first-order chi connectivity index (χ1) is 8.79. The van der Waals surface area contributed by atoms with Crippen LogP contribution in [-0.4, -0.2) is 0 Å². The summed E-state index contributed by atoms with van der Waals surface area (Å²) in [5.41, 5.74) is 2.15. The monoisotopic (exact) mass is 244 g/mol. The Hall–Kier alpha value is -1.83. The van der Waals surface area contributed by atoms with E-state index in [1.165, 1.54) is 6.07 Å². The molecule has 0 fully saturated rings. The molecule has 94 valence electrons. The average molecular weight is 244 g/mol. The van der Waals surface area contributed by atoms with Crippen LogP contribution >= 0.6 is 0 Å². The summed E-state index contributed by atoms with van der Waals surface area (Å²) in [5, 5.41) is 0. The van der Waals surface area contributed by atoms with Crippen molar-refractivity contribution in [3.63, 3.8) is 0 Å². The number of benzene rings is 2. The minimum Gasteiger partial charge on any atom is -0.486 e. The zero-order valence-corrected chi connectivity index (χ0v) is 10.5. The van der Waals surface area contributed by atoms with Crippen molar-refractivity contribution in [2.75, 3.05) is 0 Å². The van der Waals surface area contributed by atoms with Crippen LogP contribution in [0.15, 0.2) is 48.5 Å². The molecule has 0 bridgehead atoms. The van der Waals surface area contributed by atoms with Gasteiger partial charge in [0.2, 0.25) is 0 Å². The topological polar surface area (TPSA) is 9.23 Å². The Morgan fingerprint density at radius 3 is 2.50 bits per heavy atom. The van der Waals surface area contributed by atoms with E-state index < -0.39 is 0 Å². The van der Waals surface area contributed by atoms with E-state index >= 15 is 0 Å². The molecule has 0 aliphatic carbocycles. The number of aryl methyl sites for hydroxylation is 1. The fraction of sp³-hybridized carbons (Fsp3) is 0.250. The molecular weight excluding hydrogens is 227 g/mol. The van der Waals surface area contributed by atoms with E-state index in [0.717, 1.165) is 24.0 Å². The first kappa shape index (κ1) is 12.6. The molecule has 0 heterocycles. The van der Waals surface area contributed by atoms with Crippen molar-refractivity contribution in [1.29, 1.82) is 0 Å². The molecule has 0 N–H and O–H groups in total. The molecule has 18 heavy (non-hydrogen) atoms. The fourth-order valence-electron chi connectivity index (χ4n) is 1.84. The lowest BCUT2D eigenvalue weighted by Crippen LogP contribution is -1.98. The van der Waals surface area contributed by atoms with Gasteiger partial charge in [0.15, 0.2) is 11.6 Å². The molecule has 0 aliphatic rings. The summed E-state index contributed by atoms with van der Waals surface area (Å²) in [4.78, 5) is 0. The van der Waals surface area contributed by atoms with Crippen LogP contribution in [0.2, 0.25) is 0 Å². The van der Waals surface area contributed by atoms with Gasteiger partial charge in [-0.3, -0.25) is 0 Å². The van der Waals surface area contributed by atoms with Gasteiger partial charge in [-0.15, -0.1) is 0 Å². The molecule has 2 rings (SSSR count). The van der Waals surface area contributed by atoms with Crippen molar-refractivity contribution < 1.29 is 9.13 Å². The average Bonchev–Trinajstić information content (AvgIpc) is 2.41. The Bertz CT molecular complexity index is 494. The standard InChI is InChI=1S/C16H17FO/c1-2-6-13-9-10-15(17)16(11-13)18-12-14-7-4-3-5-8-14/h3-5,7-11H,2,6,12H2,1H3. The third-order valence-corrected chi connectivity index (χ3v) is 2.77. The molecule has 2 aromatic rings. The maximum Gasteiger partial charge on any atom is 0.165 e. The van der Waals surface area contributed by atoms with Crippen LogP contribution in [0.3, 0.4) is 0 Å². The maximum atomic E-state index is 13.6. The van der Waals surface area contributed by atoms with Gasteiger partial charge < -0.3 is 4.74 Å². The molecule has 0 atom stereocenters. The smallest absolute Gasteiger partial charge is 0.165 e. The van der Waals surface area contributed by atoms with Crippen molar-refractivity contribution in [2.45, 2.75) is 26.4 Å². The van der Waals surface area contributed by atoms with Gasteiger partial charge in [0, 0.05) is 0 Å². The van der Waals surface area contributed by atoms with Crippen LogP contribution in [0.1, 0.15) is 24.5 Å². The highest BCUT2D eigenvalue weighted by Crippen LogP contribution is 2.20. The first-order valence-corrected chi connectivity index (χ1v) is 6.24. The number of ether oxygens (including phenoxy) is 1. The minimum atomic E-state index is -0.300. The lowest BCUT2D eigenvalue weighted by atomic mass is 10.1. The van der Waals surface area contributed by atoms with Crippen molar-refractivity contribution in [1.82, 2.24) is 0 Å². The van der Waals surface area contributed by atoms with Crippen molar-refractivity contribution in [3.05, 3.63) is 65.5 Å². The normalized spacial score (nSPS) is 10.3. The van der Waals surface area contributed by atoms with E-state index in [1.54, 1.807) is 6.07 Å². The quantitative estimate of drug-likeness (QED) is 0.759. The molecule has 0 saturated carbocycles. The van der Waals surface area contributed by atoms with E-state index in [9.17, 15) is 4.39 Å². The maximum absolute atomic E-state index is 13.6. The number of rotatable bonds is 5. The van der Waals surface area contributed by atoms with E-state index in [-0.39, 0.29) is 5.82 Å². The summed E-state index contributed by atoms with van der Waals surface area (Å²) in [5.74, 6) is 0.0376. The molecule has 0 aromatic heterocycles. The lowest BCUT2D eigenvalue weighted by Gasteiger charge is -2.09. The van der Waals surface area contributed by atoms with Gasteiger partial charge in [0.25, 0.3) is 0 Å². The van der Waals surface area contributed by atoms with Gasteiger partial charge in [-0.1, -0.05) is 49.7 Å². The molecule has 0 amide bonds. The zero-order valence-electron chi connectivity index (χ0n) is 10.5. The second kappa shape index (κ2) is 6.20. The highest BCUT2D eigenvalue weighted by atomic mass is 19.1. The Balaban J connectivity index is 2.06. The minimum absolute atomic E-state index is 0.300. The number of hydrogen-bond donors (Lipinski definition) is 0. The first-order valence-electron chi connectivity index (χ1n) is 6.24. The second-order valence-corrected chi connectivity index (χ2v) is 4.29. The third-order valence-electron chi connectivity index (χ3n) is 2.77. The van der Waals surface area contributed by atoms with Crippen LogP contribution in [0.4, 0.5) is 4.39 Å². The molecule has 0 spiro atoms. The van der Waals surface area contributed by atoms with Gasteiger partial charge >= 0.3 is 0 Å². The van der Waals surface area contributed by atoms with Crippen LogP contribution in [0.25, 0.3) is 0 Å². The molecular formula is C16H17FO. The number of halogens is 1. The molecule has 2 aromatic carbocycles. The molecule has 0 aliphatic heterocycles. The fourth-order valence-corrected chi connectivity index (χ4v) is 1.84. The summed E-state index contributed by atoms with van der Waals surface area (Å²) < 4.78 is 19.1. The lowest BCUT2D eigenvalue weighted by molar-refractivity contribution is 0.290. The van der Waals surface area contributed by atoms with Gasteiger partial charge in [0.1, 0.15) is 6.61 Å². The van der Waals surface area contributed by atoms with Gasteiger partial charge in [0.05, 0.1) is 0 Å². The Morgan fingerprint density at radius 2 is 1.78 bits per heavy atom. The van der Waals surface area contributed by atoms with Gasteiger partial charge in [-0.05, 0) is 29.7 Å². The molecule has 0 saturated heterocycles. The Kier molecular flexibility index (Phi) is 4.35. The predicted molar refractivity (Wildman–Crippen MR) is 71.2 cm³/mol. The van der Waals surface area contributed by atoms with Crippen molar-refractivity contribution in [2.24, 2.45) is 0 Å². The van der Waals surface area contributed by atoms with Crippen molar-refractivity contribution in [3.8, 4) is 5.75 Å². The molecule has 0 radical (unpaired) electrons.